The fourth-order valence-electron chi connectivity index (χ4n) is 2.83. The smallest absolute Gasteiger partial charge is 0.289 e. The van der Waals surface area contributed by atoms with Crippen molar-refractivity contribution in [3.8, 4) is 0 Å². The van der Waals surface area contributed by atoms with Crippen LogP contribution in [0.1, 0.15) is 21.7 Å². The lowest BCUT2D eigenvalue weighted by atomic mass is 10.0. The van der Waals surface area contributed by atoms with Crippen LogP contribution in [0.15, 0.2) is 79.2 Å². The number of aliphatic imine (C=N–C) groups is 1. The highest BCUT2D eigenvalue weighted by Crippen LogP contribution is 2.27. The van der Waals surface area contributed by atoms with Crippen LogP contribution in [0.2, 0.25) is 0 Å². The molecule has 0 radical (unpaired) electrons. The third-order valence-electron chi connectivity index (χ3n) is 4.13. The number of amides is 2. The van der Waals surface area contributed by atoms with Crippen LogP contribution in [0.4, 0.5) is 5.69 Å². The molecule has 2 amide bonds. The first-order valence-corrected chi connectivity index (χ1v) is 9.90. The third-order valence-corrected chi connectivity index (χ3v) is 5.84. The van der Waals surface area contributed by atoms with Gasteiger partial charge in [-0.3, -0.25) is 9.59 Å². The fraction of sp³-hybridized carbons (Fsp3) is 0.0500. The Labute approximate surface area is 177 Å². The second-order valence-electron chi connectivity index (χ2n) is 5.99. The van der Waals surface area contributed by atoms with E-state index in [0.29, 0.717) is 20.5 Å². The zero-order valence-electron chi connectivity index (χ0n) is 14.3. The van der Waals surface area contributed by atoms with Gasteiger partial charge in [-0.25, -0.2) is 4.99 Å². The van der Waals surface area contributed by atoms with Gasteiger partial charge in [0, 0.05) is 17.2 Å². The highest BCUT2D eigenvalue weighted by Gasteiger charge is 2.28. The summed E-state index contributed by atoms with van der Waals surface area (Å²) >= 11 is 6.46. The van der Waals surface area contributed by atoms with Crippen LogP contribution in [0.5, 0.6) is 0 Å². The molecule has 2 N–H and O–H groups in total. The molecule has 4 rings (SSSR count). The zero-order valence-corrected chi connectivity index (χ0v) is 17.5. The second-order valence-corrected chi connectivity index (χ2v) is 7.56. The number of nitrogens with zero attached hydrogens (tertiary/aromatic N) is 1. The van der Waals surface area contributed by atoms with Gasteiger partial charge in [-0.15, -0.1) is 0 Å². The molecule has 6 nitrogen and oxygen atoms in total. The van der Waals surface area contributed by atoms with Crippen molar-refractivity contribution in [1.29, 1.82) is 0 Å². The molecule has 3 aromatic rings. The van der Waals surface area contributed by atoms with Gasteiger partial charge in [0.2, 0.25) is 6.17 Å². The molecule has 0 saturated carbocycles. The number of benzodiazepines with no additional fused rings is 1. The summed E-state index contributed by atoms with van der Waals surface area (Å²) in [5.74, 6) is -0.921. The van der Waals surface area contributed by atoms with Crippen molar-refractivity contribution in [3.05, 3.63) is 86.7 Å². The first-order chi connectivity index (χ1) is 13.5. The van der Waals surface area contributed by atoms with Crippen LogP contribution in [0.25, 0.3) is 0 Å². The van der Waals surface area contributed by atoms with E-state index >= 15 is 0 Å². The number of fused-ring (bicyclic) bond motifs is 1. The largest absolute Gasteiger partial charge is 0.443 e. The van der Waals surface area contributed by atoms with E-state index in [1.165, 1.54) is 6.07 Å². The van der Waals surface area contributed by atoms with E-state index in [1.807, 2.05) is 48.5 Å². The van der Waals surface area contributed by atoms with Gasteiger partial charge in [-0.05, 0) is 37.9 Å². The van der Waals surface area contributed by atoms with Gasteiger partial charge in [-0.1, -0.05) is 48.5 Å². The van der Waals surface area contributed by atoms with E-state index in [4.69, 9.17) is 4.42 Å². The lowest BCUT2D eigenvalue weighted by Gasteiger charge is -2.12. The topological polar surface area (TPSA) is 83.7 Å². The van der Waals surface area contributed by atoms with E-state index < -0.39 is 18.0 Å². The molecule has 1 aliphatic heterocycles. The molecule has 0 bridgehead atoms. The average molecular weight is 503 g/mol. The van der Waals surface area contributed by atoms with Crippen molar-refractivity contribution in [2.24, 2.45) is 4.99 Å². The summed E-state index contributed by atoms with van der Waals surface area (Å²) in [6.07, 6.45) is -1.11. The summed E-state index contributed by atoms with van der Waals surface area (Å²) in [5, 5.41) is 5.45. The Morgan fingerprint density at radius 1 is 1.07 bits per heavy atom. The number of rotatable bonds is 3. The highest BCUT2D eigenvalue weighted by molar-refractivity contribution is 9.13. The zero-order chi connectivity index (χ0) is 19.7. The average Bonchev–Trinajstić information content (AvgIpc) is 2.97. The summed E-state index contributed by atoms with van der Waals surface area (Å²) in [6, 6.07) is 18.4. The first kappa shape index (κ1) is 18.6. The molecular weight excluding hydrogens is 490 g/mol. The van der Waals surface area contributed by atoms with E-state index in [9.17, 15) is 9.59 Å². The molecule has 0 spiro atoms. The van der Waals surface area contributed by atoms with Gasteiger partial charge in [0.05, 0.1) is 15.9 Å². The van der Waals surface area contributed by atoms with E-state index in [2.05, 4.69) is 47.5 Å². The minimum atomic E-state index is -1.11. The van der Waals surface area contributed by atoms with Gasteiger partial charge >= 0.3 is 0 Å². The van der Waals surface area contributed by atoms with Crippen LogP contribution in [-0.4, -0.2) is 23.7 Å². The maximum atomic E-state index is 12.7. The minimum absolute atomic E-state index is 0.0600. The maximum absolute atomic E-state index is 12.7. The molecule has 0 unspecified atom stereocenters. The van der Waals surface area contributed by atoms with Crippen LogP contribution in [0, 0.1) is 0 Å². The Hall–Kier alpha value is -2.71. The van der Waals surface area contributed by atoms with Crippen LogP contribution >= 0.6 is 31.9 Å². The Morgan fingerprint density at radius 3 is 2.50 bits per heavy atom. The van der Waals surface area contributed by atoms with Crippen molar-refractivity contribution in [3.63, 3.8) is 0 Å². The number of benzene rings is 2. The molecule has 140 valence electrons. The van der Waals surface area contributed by atoms with Crippen LogP contribution < -0.4 is 10.6 Å². The summed E-state index contributed by atoms with van der Waals surface area (Å²) < 4.78 is 6.33. The van der Waals surface area contributed by atoms with E-state index in [-0.39, 0.29) is 5.76 Å². The third kappa shape index (κ3) is 3.65. The molecule has 1 aromatic heterocycles. The number of para-hydroxylation sites is 1. The number of nitrogens with one attached hydrogen (secondary N) is 2. The molecule has 0 fully saturated rings. The summed E-state index contributed by atoms with van der Waals surface area (Å²) in [6.45, 7) is 0. The predicted molar refractivity (Wildman–Crippen MR) is 113 cm³/mol. The quantitative estimate of drug-likeness (QED) is 0.558. The van der Waals surface area contributed by atoms with Gasteiger partial charge < -0.3 is 15.1 Å². The predicted octanol–water partition coefficient (Wildman–Crippen LogP) is 4.35. The van der Waals surface area contributed by atoms with Crippen LogP contribution in [0.3, 0.4) is 0 Å². The molecule has 2 heterocycles. The number of hydrogen-bond donors (Lipinski definition) is 2. The highest BCUT2D eigenvalue weighted by atomic mass is 79.9. The molecule has 8 heteroatoms. The lowest BCUT2D eigenvalue weighted by molar-refractivity contribution is -0.117. The number of halogens is 2. The molecule has 0 aliphatic carbocycles. The Balaban J connectivity index is 1.73. The van der Waals surface area contributed by atoms with Crippen molar-refractivity contribution < 1.29 is 14.0 Å². The summed E-state index contributed by atoms with van der Waals surface area (Å²) in [7, 11) is 0. The molecule has 1 atom stereocenters. The first-order valence-electron chi connectivity index (χ1n) is 8.32. The van der Waals surface area contributed by atoms with E-state index in [1.54, 1.807) is 6.07 Å². The molecule has 2 aromatic carbocycles. The lowest BCUT2D eigenvalue weighted by Crippen LogP contribution is -2.42. The van der Waals surface area contributed by atoms with Gasteiger partial charge in [0.1, 0.15) is 0 Å². The molecular formula is C20H13Br2N3O3. The standard InChI is InChI=1S/C20H13Br2N3O3/c21-13-10-15(28-17(13)22)19(26)25-18-20(27)23-14-9-5-4-8-12(14)16(24-18)11-6-2-1-3-7-11/h1-10,18H,(H,23,27)(H,25,26)/t18-/m1/s1. The maximum Gasteiger partial charge on any atom is 0.289 e. The Bertz CT molecular complexity index is 1070. The van der Waals surface area contributed by atoms with E-state index in [0.717, 1.165) is 11.1 Å². The van der Waals surface area contributed by atoms with Crippen molar-refractivity contribution >= 4 is 55.1 Å². The molecule has 1 aliphatic rings. The van der Waals surface area contributed by atoms with Gasteiger partial charge in [-0.2, -0.15) is 0 Å². The Morgan fingerprint density at radius 2 is 1.79 bits per heavy atom. The number of carbonyl (C=O) groups excluding carboxylic acids is 2. The fourth-order valence-corrected chi connectivity index (χ4v) is 3.41. The minimum Gasteiger partial charge on any atom is -0.443 e. The summed E-state index contributed by atoms with van der Waals surface area (Å²) in [5.41, 5.74) is 2.87. The molecule has 0 saturated heterocycles. The Kier molecular flexibility index (Phi) is 5.15. The SMILES string of the molecule is O=C(N[C@H]1N=C(c2ccccc2)c2ccccc2NC1=O)c1cc(Br)c(Br)o1. The van der Waals surface area contributed by atoms with Crippen molar-refractivity contribution in [2.75, 3.05) is 5.32 Å². The summed E-state index contributed by atoms with van der Waals surface area (Å²) in [4.78, 5) is 29.8. The second kappa shape index (κ2) is 7.73. The monoisotopic (exact) mass is 501 g/mol. The normalized spacial score (nSPS) is 15.9. The van der Waals surface area contributed by atoms with Crippen molar-refractivity contribution in [1.82, 2.24) is 5.32 Å². The number of furan rings is 1. The van der Waals surface area contributed by atoms with Crippen LogP contribution in [-0.2, 0) is 4.79 Å². The number of hydrogen-bond acceptors (Lipinski definition) is 4. The van der Waals surface area contributed by atoms with Gasteiger partial charge in [0.25, 0.3) is 11.8 Å². The molecule has 28 heavy (non-hydrogen) atoms. The van der Waals surface area contributed by atoms with Crippen molar-refractivity contribution in [2.45, 2.75) is 6.17 Å². The van der Waals surface area contributed by atoms with Gasteiger partial charge in [0.15, 0.2) is 10.4 Å². The number of anilines is 1. The number of carbonyl (C=O) groups is 2.